The van der Waals surface area contributed by atoms with Gasteiger partial charge in [-0.3, -0.25) is 0 Å². The summed E-state index contributed by atoms with van der Waals surface area (Å²) in [5.41, 5.74) is 0. The van der Waals surface area contributed by atoms with Gasteiger partial charge in [-0.25, -0.2) is 12.7 Å². The molecule has 0 atom stereocenters. The highest BCUT2D eigenvalue weighted by Gasteiger charge is 2.27. The van der Waals surface area contributed by atoms with E-state index >= 15 is 0 Å². The number of piperidine rings is 2. The average molecular weight is 303 g/mol. The van der Waals surface area contributed by atoms with Crippen LogP contribution in [-0.4, -0.2) is 70.2 Å². The minimum atomic E-state index is -3.08. The van der Waals surface area contributed by atoms with Crippen molar-refractivity contribution in [1.29, 1.82) is 0 Å². The molecule has 0 amide bonds. The van der Waals surface area contributed by atoms with Gasteiger partial charge >= 0.3 is 0 Å². The van der Waals surface area contributed by atoms with Gasteiger partial charge in [0.05, 0.1) is 5.75 Å². The number of rotatable bonds is 5. The molecular formula is C14H29N3O2S. The molecule has 0 aromatic rings. The molecular weight excluding hydrogens is 274 g/mol. The van der Waals surface area contributed by atoms with Crippen molar-refractivity contribution < 1.29 is 8.42 Å². The number of hydrogen-bond acceptors (Lipinski definition) is 4. The standard InChI is InChI=1S/C14H29N3O2S/c1-16-9-5-13(6-10-16)11-17(2)20(18,19)12-14-3-7-15-8-4-14/h13-15H,3-12H2,1-2H3. The summed E-state index contributed by atoms with van der Waals surface area (Å²) < 4.78 is 26.5. The van der Waals surface area contributed by atoms with E-state index in [1.807, 2.05) is 0 Å². The fourth-order valence-electron chi connectivity index (χ4n) is 3.20. The van der Waals surface area contributed by atoms with Crippen molar-refractivity contribution >= 4 is 10.0 Å². The zero-order valence-electron chi connectivity index (χ0n) is 12.8. The lowest BCUT2D eigenvalue weighted by atomic mass is 9.97. The Bertz CT molecular complexity index is 385. The van der Waals surface area contributed by atoms with E-state index in [2.05, 4.69) is 17.3 Å². The quantitative estimate of drug-likeness (QED) is 0.808. The minimum Gasteiger partial charge on any atom is -0.317 e. The van der Waals surface area contributed by atoms with Gasteiger partial charge in [0.2, 0.25) is 10.0 Å². The largest absolute Gasteiger partial charge is 0.317 e. The zero-order chi connectivity index (χ0) is 14.6. The number of likely N-dealkylation sites (tertiary alicyclic amines) is 1. The molecule has 5 nitrogen and oxygen atoms in total. The molecule has 2 saturated heterocycles. The Morgan fingerprint density at radius 2 is 1.70 bits per heavy atom. The molecule has 20 heavy (non-hydrogen) atoms. The maximum absolute atomic E-state index is 12.4. The van der Waals surface area contributed by atoms with Crippen molar-refractivity contribution in [2.45, 2.75) is 25.7 Å². The fourth-order valence-corrected chi connectivity index (χ4v) is 4.82. The minimum absolute atomic E-state index is 0.331. The first-order valence-electron chi connectivity index (χ1n) is 7.80. The van der Waals surface area contributed by atoms with Gasteiger partial charge in [-0.1, -0.05) is 0 Å². The van der Waals surface area contributed by atoms with Gasteiger partial charge in [-0.2, -0.15) is 0 Å². The summed E-state index contributed by atoms with van der Waals surface area (Å²) in [7, 11) is 0.811. The summed E-state index contributed by atoms with van der Waals surface area (Å²) in [5, 5.41) is 3.29. The third kappa shape index (κ3) is 4.69. The van der Waals surface area contributed by atoms with E-state index in [-0.39, 0.29) is 0 Å². The molecule has 2 heterocycles. The van der Waals surface area contributed by atoms with Crippen molar-refractivity contribution in [2.75, 3.05) is 52.6 Å². The molecule has 0 saturated carbocycles. The summed E-state index contributed by atoms with van der Waals surface area (Å²) in [5.74, 6) is 1.19. The van der Waals surface area contributed by atoms with Gasteiger partial charge in [0.25, 0.3) is 0 Å². The highest BCUT2D eigenvalue weighted by molar-refractivity contribution is 7.89. The van der Waals surface area contributed by atoms with Crippen LogP contribution in [0.1, 0.15) is 25.7 Å². The van der Waals surface area contributed by atoms with E-state index in [9.17, 15) is 8.42 Å². The first-order valence-corrected chi connectivity index (χ1v) is 9.41. The van der Waals surface area contributed by atoms with Gasteiger partial charge < -0.3 is 10.2 Å². The van der Waals surface area contributed by atoms with Crippen molar-refractivity contribution in [3.05, 3.63) is 0 Å². The predicted octanol–water partition coefficient (Wildman–Crippen LogP) is 0.589. The zero-order valence-corrected chi connectivity index (χ0v) is 13.7. The van der Waals surface area contributed by atoms with E-state index in [0.29, 0.717) is 24.1 Å². The Kier molecular flexibility index (Phi) is 5.84. The molecule has 0 aromatic carbocycles. The van der Waals surface area contributed by atoms with Crippen molar-refractivity contribution in [3.8, 4) is 0 Å². The molecule has 0 aromatic heterocycles. The van der Waals surface area contributed by atoms with Crippen LogP contribution in [-0.2, 0) is 10.0 Å². The number of nitrogens with zero attached hydrogens (tertiary/aromatic N) is 2. The van der Waals surface area contributed by atoms with Crippen LogP contribution in [0.2, 0.25) is 0 Å². The van der Waals surface area contributed by atoms with Crippen LogP contribution >= 0.6 is 0 Å². The van der Waals surface area contributed by atoms with E-state index in [1.165, 1.54) is 0 Å². The fraction of sp³-hybridized carbons (Fsp3) is 1.00. The van der Waals surface area contributed by atoms with Crippen molar-refractivity contribution in [1.82, 2.24) is 14.5 Å². The Morgan fingerprint density at radius 1 is 1.10 bits per heavy atom. The molecule has 0 radical (unpaired) electrons. The van der Waals surface area contributed by atoms with Gasteiger partial charge in [-0.05, 0) is 70.7 Å². The molecule has 0 spiro atoms. The third-order valence-electron chi connectivity index (χ3n) is 4.73. The highest BCUT2D eigenvalue weighted by Crippen LogP contribution is 2.20. The SMILES string of the molecule is CN1CCC(CN(C)S(=O)(=O)CC2CCNCC2)CC1. The summed E-state index contributed by atoms with van der Waals surface area (Å²) in [6, 6.07) is 0. The topological polar surface area (TPSA) is 52.7 Å². The van der Waals surface area contributed by atoms with E-state index in [4.69, 9.17) is 0 Å². The van der Waals surface area contributed by atoms with Gasteiger partial charge in [0.1, 0.15) is 0 Å². The van der Waals surface area contributed by atoms with Crippen LogP contribution < -0.4 is 5.32 Å². The smallest absolute Gasteiger partial charge is 0.214 e. The summed E-state index contributed by atoms with van der Waals surface area (Å²) in [4.78, 5) is 2.32. The summed E-state index contributed by atoms with van der Waals surface area (Å²) in [6.45, 7) is 4.79. The second kappa shape index (κ2) is 7.20. The van der Waals surface area contributed by atoms with Crippen LogP contribution in [0.5, 0.6) is 0 Å². The van der Waals surface area contributed by atoms with Gasteiger partial charge in [-0.15, -0.1) is 0 Å². The van der Waals surface area contributed by atoms with E-state index < -0.39 is 10.0 Å². The maximum Gasteiger partial charge on any atom is 0.214 e. The first kappa shape index (κ1) is 16.2. The number of nitrogens with one attached hydrogen (secondary N) is 1. The molecule has 2 aliphatic heterocycles. The highest BCUT2D eigenvalue weighted by atomic mass is 32.2. The van der Waals surface area contributed by atoms with Crippen LogP contribution in [0, 0.1) is 11.8 Å². The lowest BCUT2D eigenvalue weighted by Crippen LogP contribution is -2.40. The van der Waals surface area contributed by atoms with Crippen LogP contribution in [0.15, 0.2) is 0 Å². The molecule has 0 aliphatic carbocycles. The lowest BCUT2D eigenvalue weighted by molar-refractivity contribution is 0.202. The van der Waals surface area contributed by atoms with Crippen molar-refractivity contribution in [3.63, 3.8) is 0 Å². The molecule has 0 unspecified atom stereocenters. The van der Waals surface area contributed by atoms with Crippen LogP contribution in [0.4, 0.5) is 0 Å². The third-order valence-corrected chi connectivity index (χ3v) is 6.72. The van der Waals surface area contributed by atoms with Crippen molar-refractivity contribution in [2.24, 2.45) is 11.8 Å². The Labute approximate surface area is 123 Å². The normalized spacial score (nSPS) is 24.4. The molecule has 6 heteroatoms. The Morgan fingerprint density at radius 3 is 2.30 bits per heavy atom. The average Bonchev–Trinajstić information content (AvgIpc) is 2.42. The first-order chi connectivity index (χ1) is 9.47. The predicted molar refractivity (Wildman–Crippen MR) is 82.2 cm³/mol. The number of hydrogen-bond donors (Lipinski definition) is 1. The van der Waals surface area contributed by atoms with Gasteiger partial charge in [0, 0.05) is 13.6 Å². The van der Waals surface area contributed by atoms with Crippen LogP contribution in [0.3, 0.4) is 0 Å². The Balaban J connectivity index is 1.81. The lowest BCUT2D eigenvalue weighted by Gasteiger charge is -2.32. The molecule has 0 bridgehead atoms. The maximum atomic E-state index is 12.4. The Hall–Kier alpha value is -0.170. The van der Waals surface area contributed by atoms with Gasteiger partial charge in [0.15, 0.2) is 0 Å². The second-order valence-electron chi connectivity index (χ2n) is 6.50. The monoisotopic (exact) mass is 303 g/mol. The summed E-state index contributed by atoms with van der Waals surface area (Å²) >= 11 is 0. The molecule has 2 fully saturated rings. The van der Waals surface area contributed by atoms with Crippen LogP contribution in [0.25, 0.3) is 0 Å². The molecule has 2 aliphatic rings. The summed E-state index contributed by atoms with van der Waals surface area (Å²) in [6.07, 6.45) is 4.20. The van der Waals surface area contributed by atoms with E-state index in [0.717, 1.165) is 51.9 Å². The van der Waals surface area contributed by atoms with E-state index in [1.54, 1.807) is 11.4 Å². The molecule has 118 valence electrons. The number of sulfonamides is 1. The molecule has 2 rings (SSSR count). The second-order valence-corrected chi connectivity index (χ2v) is 8.62. The molecule has 1 N–H and O–H groups in total.